The molecule has 1 saturated heterocycles. The summed E-state index contributed by atoms with van der Waals surface area (Å²) in [5.74, 6) is 1.68. The molecule has 1 fully saturated rings. The van der Waals surface area contributed by atoms with Crippen molar-refractivity contribution < 1.29 is 4.74 Å². The first-order chi connectivity index (χ1) is 8.56. The molecule has 0 radical (unpaired) electrons. The zero-order chi connectivity index (χ0) is 13.2. The molecule has 0 saturated carbocycles. The van der Waals surface area contributed by atoms with E-state index < -0.39 is 0 Å². The molecule has 0 spiro atoms. The number of ether oxygens (including phenoxy) is 1. The van der Waals surface area contributed by atoms with E-state index in [-0.39, 0.29) is 5.54 Å². The molecular formula is C13H22N4O. The Kier molecular flexibility index (Phi) is 3.71. The van der Waals surface area contributed by atoms with Gasteiger partial charge in [-0.05, 0) is 27.7 Å². The van der Waals surface area contributed by atoms with Gasteiger partial charge in [0.05, 0.1) is 12.2 Å². The highest BCUT2D eigenvalue weighted by atomic mass is 16.5. The molecule has 5 nitrogen and oxygen atoms in total. The zero-order valence-corrected chi connectivity index (χ0v) is 11.7. The van der Waals surface area contributed by atoms with E-state index in [1.165, 1.54) is 0 Å². The van der Waals surface area contributed by atoms with Crippen LogP contribution in [0.15, 0.2) is 6.33 Å². The van der Waals surface area contributed by atoms with Crippen molar-refractivity contribution in [2.24, 2.45) is 0 Å². The van der Waals surface area contributed by atoms with Crippen LogP contribution in [0.5, 0.6) is 5.88 Å². The van der Waals surface area contributed by atoms with E-state index in [4.69, 9.17) is 4.74 Å². The van der Waals surface area contributed by atoms with Gasteiger partial charge in [0, 0.05) is 25.2 Å². The van der Waals surface area contributed by atoms with E-state index in [0.717, 1.165) is 31.0 Å². The summed E-state index contributed by atoms with van der Waals surface area (Å²) in [6.45, 7) is 12.0. The largest absolute Gasteiger partial charge is 0.478 e. The first-order valence-electron chi connectivity index (χ1n) is 6.49. The van der Waals surface area contributed by atoms with Crippen molar-refractivity contribution in [3.63, 3.8) is 0 Å². The highest BCUT2D eigenvalue weighted by Gasteiger charge is 2.32. The summed E-state index contributed by atoms with van der Waals surface area (Å²) in [4.78, 5) is 11.0. The molecule has 1 aliphatic rings. The monoisotopic (exact) mass is 250 g/mol. The van der Waals surface area contributed by atoms with Gasteiger partial charge in [0.15, 0.2) is 0 Å². The van der Waals surface area contributed by atoms with Gasteiger partial charge in [-0.2, -0.15) is 0 Å². The maximum atomic E-state index is 5.54. The summed E-state index contributed by atoms with van der Waals surface area (Å²) in [5.41, 5.74) is 1.08. The quantitative estimate of drug-likeness (QED) is 0.878. The standard InChI is InChI=1S/C13H22N4O/c1-5-18-12-10(2)11(15-9-16-12)17-7-6-14-8-13(17,3)4/h9,14H,5-8H2,1-4H3. The summed E-state index contributed by atoms with van der Waals surface area (Å²) in [6, 6.07) is 0. The summed E-state index contributed by atoms with van der Waals surface area (Å²) in [6.07, 6.45) is 1.59. The Bertz CT molecular complexity index is 419. The number of anilines is 1. The predicted octanol–water partition coefficient (Wildman–Crippen LogP) is 1.37. The van der Waals surface area contributed by atoms with Crippen LogP contribution in [0.1, 0.15) is 26.3 Å². The number of hydrogen-bond donors (Lipinski definition) is 1. The molecule has 18 heavy (non-hydrogen) atoms. The Labute approximate surface area is 109 Å². The SMILES string of the molecule is CCOc1ncnc(N2CCNCC2(C)C)c1C. The second-order valence-electron chi connectivity index (χ2n) is 5.20. The molecule has 100 valence electrons. The molecular weight excluding hydrogens is 228 g/mol. The molecule has 0 aromatic carbocycles. The Morgan fingerprint density at radius 1 is 1.44 bits per heavy atom. The molecule has 5 heteroatoms. The highest BCUT2D eigenvalue weighted by molar-refractivity contribution is 5.52. The van der Waals surface area contributed by atoms with Gasteiger partial charge in [-0.3, -0.25) is 0 Å². The molecule has 1 aromatic rings. The minimum absolute atomic E-state index is 0.0564. The lowest BCUT2D eigenvalue weighted by Gasteiger charge is -2.44. The van der Waals surface area contributed by atoms with Crippen LogP contribution < -0.4 is 15.0 Å². The maximum Gasteiger partial charge on any atom is 0.221 e. The molecule has 2 heterocycles. The molecule has 2 rings (SSSR count). The molecule has 0 amide bonds. The molecule has 0 aliphatic carbocycles. The number of hydrogen-bond acceptors (Lipinski definition) is 5. The average molecular weight is 250 g/mol. The Morgan fingerprint density at radius 3 is 2.89 bits per heavy atom. The molecule has 0 atom stereocenters. The minimum Gasteiger partial charge on any atom is -0.478 e. The number of nitrogens with zero attached hydrogens (tertiary/aromatic N) is 3. The van der Waals surface area contributed by atoms with Gasteiger partial charge >= 0.3 is 0 Å². The third-order valence-corrected chi connectivity index (χ3v) is 3.35. The van der Waals surface area contributed by atoms with Crippen LogP contribution in [-0.4, -0.2) is 41.7 Å². The lowest BCUT2D eigenvalue weighted by Crippen LogP contribution is -2.58. The topological polar surface area (TPSA) is 50.3 Å². The van der Waals surface area contributed by atoms with Crippen molar-refractivity contribution in [2.45, 2.75) is 33.2 Å². The summed E-state index contributed by atoms with van der Waals surface area (Å²) in [5, 5.41) is 3.42. The second kappa shape index (κ2) is 5.10. The Hall–Kier alpha value is -1.36. The third-order valence-electron chi connectivity index (χ3n) is 3.35. The third kappa shape index (κ3) is 2.41. The van der Waals surface area contributed by atoms with Gasteiger partial charge in [-0.1, -0.05) is 0 Å². The summed E-state index contributed by atoms with van der Waals surface area (Å²) < 4.78 is 5.54. The average Bonchev–Trinajstić information content (AvgIpc) is 2.32. The van der Waals surface area contributed by atoms with Crippen molar-refractivity contribution >= 4 is 5.82 Å². The predicted molar refractivity (Wildman–Crippen MR) is 72.2 cm³/mol. The van der Waals surface area contributed by atoms with E-state index in [9.17, 15) is 0 Å². The molecule has 1 aliphatic heterocycles. The first kappa shape index (κ1) is 13.1. The lowest BCUT2D eigenvalue weighted by molar-refractivity contribution is 0.322. The normalized spacial score (nSPS) is 18.8. The van der Waals surface area contributed by atoms with Crippen molar-refractivity contribution in [3.8, 4) is 5.88 Å². The summed E-state index contributed by atoms with van der Waals surface area (Å²) >= 11 is 0. The lowest BCUT2D eigenvalue weighted by atomic mass is 9.99. The first-order valence-corrected chi connectivity index (χ1v) is 6.49. The number of piperazine rings is 1. The molecule has 1 aromatic heterocycles. The zero-order valence-electron chi connectivity index (χ0n) is 11.7. The van der Waals surface area contributed by atoms with Crippen LogP contribution in [0.3, 0.4) is 0 Å². The van der Waals surface area contributed by atoms with Crippen molar-refractivity contribution in [3.05, 3.63) is 11.9 Å². The Morgan fingerprint density at radius 2 is 2.22 bits per heavy atom. The van der Waals surface area contributed by atoms with Crippen molar-refractivity contribution in [1.82, 2.24) is 15.3 Å². The molecule has 0 bridgehead atoms. The van der Waals surface area contributed by atoms with Crippen LogP contribution in [0.25, 0.3) is 0 Å². The van der Waals surface area contributed by atoms with Crippen LogP contribution in [-0.2, 0) is 0 Å². The number of nitrogens with one attached hydrogen (secondary N) is 1. The highest BCUT2D eigenvalue weighted by Crippen LogP contribution is 2.29. The Balaban J connectivity index is 2.35. The van der Waals surface area contributed by atoms with Gasteiger partial charge in [-0.25, -0.2) is 9.97 Å². The van der Waals surface area contributed by atoms with Gasteiger partial charge in [-0.15, -0.1) is 0 Å². The van der Waals surface area contributed by atoms with E-state index in [2.05, 4.69) is 34.0 Å². The fraction of sp³-hybridized carbons (Fsp3) is 0.692. The second-order valence-corrected chi connectivity index (χ2v) is 5.20. The van der Waals surface area contributed by atoms with E-state index in [0.29, 0.717) is 12.5 Å². The van der Waals surface area contributed by atoms with Gasteiger partial charge in [0.25, 0.3) is 0 Å². The fourth-order valence-electron chi connectivity index (χ4n) is 2.36. The van der Waals surface area contributed by atoms with Gasteiger partial charge in [0.2, 0.25) is 5.88 Å². The summed E-state index contributed by atoms with van der Waals surface area (Å²) in [7, 11) is 0. The van der Waals surface area contributed by atoms with Crippen molar-refractivity contribution in [1.29, 1.82) is 0 Å². The number of aromatic nitrogens is 2. The number of rotatable bonds is 3. The van der Waals surface area contributed by atoms with E-state index >= 15 is 0 Å². The fourth-order valence-corrected chi connectivity index (χ4v) is 2.36. The minimum atomic E-state index is 0.0564. The smallest absolute Gasteiger partial charge is 0.221 e. The van der Waals surface area contributed by atoms with Crippen LogP contribution >= 0.6 is 0 Å². The van der Waals surface area contributed by atoms with Crippen molar-refractivity contribution in [2.75, 3.05) is 31.1 Å². The van der Waals surface area contributed by atoms with E-state index in [1.54, 1.807) is 6.33 Å². The molecule has 0 unspecified atom stereocenters. The van der Waals surface area contributed by atoms with E-state index in [1.807, 2.05) is 13.8 Å². The maximum absolute atomic E-state index is 5.54. The molecule has 1 N–H and O–H groups in total. The van der Waals surface area contributed by atoms with Gasteiger partial charge < -0.3 is 15.0 Å². The van der Waals surface area contributed by atoms with Gasteiger partial charge in [0.1, 0.15) is 12.1 Å². The van der Waals surface area contributed by atoms with Crippen LogP contribution in [0.4, 0.5) is 5.82 Å². The van der Waals surface area contributed by atoms with Crippen LogP contribution in [0, 0.1) is 6.92 Å². The van der Waals surface area contributed by atoms with Crippen LogP contribution in [0.2, 0.25) is 0 Å².